The number of pyridine rings is 1. The second kappa shape index (κ2) is 9.95. The minimum atomic E-state index is -0.183. The molecule has 1 N–H and O–H groups in total. The van der Waals surface area contributed by atoms with Crippen molar-refractivity contribution >= 4 is 17.7 Å². The number of likely N-dealkylation sites (tertiary alicyclic amines) is 1. The predicted molar refractivity (Wildman–Crippen MR) is 117 cm³/mol. The van der Waals surface area contributed by atoms with Gasteiger partial charge in [0.05, 0.1) is 6.04 Å². The number of carbonyl (C=O) groups is 1. The van der Waals surface area contributed by atoms with Crippen molar-refractivity contribution in [3.05, 3.63) is 42.9 Å². The molecule has 2 saturated heterocycles. The summed E-state index contributed by atoms with van der Waals surface area (Å²) in [5.41, 5.74) is 0. The molecule has 8 heteroatoms. The first-order chi connectivity index (χ1) is 14.7. The number of nitrogens with zero attached hydrogens (tertiary/aromatic N) is 6. The maximum atomic E-state index is 12.6. The highest BCUT2D eigenvalue weighted by molar-refractivity contribution is 5.93. The van der Waals surface area contributed by atoms with Crippen LogP contribution in [0.4, 0.5) is 11.8 Å². The van der Waals surface area contributed by atoms with Gasteiger partial charge in [-0.05, 0) is 50.4 Å². The van der Waals surface area contributed by atoms with Crippen LogP contribution in [0.25, 0.3) is 0 Å². The van der Waals surface area contributed by atoms with Crippen molar-refractivity contribution in [3.8, 4) is 0 Å². The highest BCUT2D eigenvalue weighted by Gasteiger charge is 2.29. The average molecular weight is 410 g/mol. The van der Waals surface area contributed by atoms with Gasteiger partial charge in [0.2, 0.25) is 11.9 Å². The highest BCUT2D eigenvalue weighted by atomic mass is 16.2. The lowest BCUT2D eigenvalue weighted by atomic mass is 9.96. The summed E-state index contributed by atoms with van der Waals surface area (Å²) in [6.45, 7) is 9.17. The summed E-state index contributed by atoms with van der Waals surface area (Å²) in [4.78, 5) is 32.5. The molecule has 0 radical (unpaired) electrons. The number of rotatable bonds is 6. The molecule has 1 amide bonds. The third-order valence-electron chi connectivity index (χ3n) is 6.14. The second-order valence-corrected chi connectivity index (χ2v) is 8.22. The summed E-state index contributed by atoms with van der Waals surface area (Å²) in [6, 6.07) is 7.65. The van der Waals surface area contributed by atoms with Crippen LogP contribution in [-0.4, -0.2) is 82.5 Å². The molecule has 4 rings (SSSR count). The number of carbonyl (C=O) groups excluding carboxylic acids is 1. The van der Waals surface area contributed by atoms with E-state index in [-0.39, 0.29) is 11.9 Å². The van der Waals surface area contributed by atoms with Crippen LogP contribution in [-0.2, 0) is 4.79 Å². The van der Waals surface area contributed by atoms with Crippen LogP contribution < -0.4 is 10.2 Å². The lowest BCUT2D eigenvalue weighted by Gasteiger charge is -2.40. The van der Waals surface area contributed by atoms with Gasteiger partial charge in [0, 0.05) is 57.9 Å². The maximum absolute atomic E-state index is 12.6. The normalized spacial score (nSPS) is 21.9. The zero-order chi connectivity index (χ0) is 20.8. The van der Waals surface area contributed by atoms with E-state index in [0.717, 1.165) is 58.1 Å². The van der Waals surface area contributed by atoms with E-state index in [1.807, 2.05) is 25.3 Å². The quantitative estimate of drug-likeness (QED) is 0.779. The Kier molecular flexibility index (Phi) is 6.86. The number of anilines is 2. The topological polar surface area (TPSA) is 77.5 Å². The molecule has 0 aromatic carbocycles. The van der Waals surface area contributed by atoms with Crippen LogP contribution in [0.15, 0.2) is 42.9 Å². The van der Waals surface area contributed by atoms with Crippen LogP contribution in [0, 0.1) is 5.92 Å². The summed E-state index contributed by atoms with van der Waals surface area (Å²) in [5, 5.41) is 2.83. The number of hydrogen-bond acceptors (Lipinski definition) is 7. The first-order valence-electron chi connectivity index (χ1n) is 10.9. The van der Waals surface area contributed by atoms with Crippen LogP contribution in [0.5, 0.6) is 0 Å². The van der Waals surface area contributed by atoms with Gasteiger partial charge in [-0.3, -0.25) is 19.9 Å². The smallest absolute Gasteiger partial charge is 0.243 e. The fraction of sp³-hybridized carbons (Fsp3) is 0.545. The number of piperidine rings is 1. The van der Waals surface area contributed by atoms with Crippen molar-refractivity contribution in [2.24, 2.45) is 5.92 Å². The molecule has 0 bridgehead atoms. The number of piperazine rings is 1. The first-order valence-corrected chi connectivity index (χ1v) is 10.9. The van der Waals surface area contributed by atoms with Gasteiger partial charge in [0.25, 0.3) is 0 Å². The fourth-order valence-corrected chi connectivity index (χ4v) is 4.41. The first kappa shape index (κ1) is 20.7. The van der Waals surface area contributed by atoms with E-state index < -0.39 is 0 Å². The van der Waals surface area contributed by atoms with Crippen molar-refractivity contribution in [3.63, 3.8) is 0 Å². The van der Waals surface area contributed by atoms with E-state index in [2.05, 4.69) is 41.0 Å². The molecule has 2 aliphatic rings. The van der Waals surface area contributed by atoms with E-state index in [4.69, 9.17) is 0 Å². The van der Waals surface area contributed by atoms with Gasteiger partial charge in [-0.2, -0.15) is 0 Å². The molecular formula is C22H31N7O. The molecule has 0 aliphatic carbocycles. The summed E-state index contributed by atoms with van der Waals surface area (Å²) >= 11 is 0. The Labute approximate surface area is 178 Å². The summed E-state index contributed by atoms with van der Waals surface area (Å²) in [6.07, 6.45) is 7.50. The molecule has 2 aromatic rings. The molecule has 2 aromatic heterocycles. The lowest BCUT2D eigenvalue weighted by molar-refractivity contribution is -0.121. The largest absolute Gasteiger partial charge is 0.354 e. The third kappa shape index (κ3) is 5.31. The van der Waals surface area contributed by atoms with Crippen LogP contribution in [0.1, 0.15) is 19.8 Å². The number of amides is 1. The van der Waals surface area contributed by atoms with Gasteiger partial charge in [-0.1, -0.05) is 6.07 Å². The van der Waals surface area contributed by atoms with Gasteiger partial charge < -0.3 is 4.90 Å². The zero-order valence-electron chi connectivity index (χ0n) is 17.7. The van der Waals surface area contributed by atoms with Crippen molar-refractivity contribution in [1.82, 2.24) is 24.8 Å². The molecule has 0 saturated carbocycles. The maximum Gasteiger partial charge on any atom is 0.243 e. The molecule has 2 atom stereocenters. The standard InChI is InChI=1S/C22H31N7O/c1-18(21(30)26-22-24-9-5-10-25-22)29-11-4-6-19(17-29)16-27-12-14-28(15-13-27)20-7-2-3-8-23-20/h2-3,5,7-10,18-19H,4,6,11-17H2,1H3,(H,24,25,26,30). The van der Waals surface area contributed by atoms with Crippen molar-refractivity contribution < 1.29 is 4.79 Å². The summed E-state index contributed by atoms with van der Waals surface area (Å²) < 4.78 is 0. The molecular weight excluding hydrogens is 378 g/mol. The molecule has 160 valence electrons. The number of nitrogens with one attached hydrogen (secondary N) is 1. The fourth-order valence-electron chi connectivity index (χ4n) is 4.41. The minimum Gasteiger partial charge on any atom is -0.354 e. The SMILES string of the molecule is CC(C(=O)Nc1ncccn1)N1CCCC(CN2CCN(c3ccccn3)CC2)C1. The van der Waals surface area contributed by atoms with Gasteiger partial charge >= 0.3 is 0 Å². The molecule has 0 spiro atoms. The van der Waals surface area contributed by atoms with E-state index in [1.54, 1.807) is 18.5 Å². The van der Waals surface area contributed by atoms with Crippen molar-refractivity contribution in [2.75, 3.05) is 56.0 Å². The Balaban J connectivity index is 1.24. The zero-order valence-corrected chi connectivity index (χ0v) is 17.7. The van der Waals surface area contributed by atoms with E-state index in [0.29, 0.717) is 11.9 Å². The predicted octanol–water partition coefficient (Wildman–Crippen LogP) is 1.73. The molecule has 2 fully saturated rings. The minimum absolute atomic E-state index is 0.0363. The van der Waals surface area contributed by atoms with Gasteiger partial charge in [-0.25, -0.2) is 15.0 Å². The molecule has 2 unspecified atom stereocenters. The van der Waals surface area contributed by atoms with E-state index in [1.165, 1.54) is 6.42 Å². The van der Waals surface area contributed by atoms with Crippen molar-refractivity contribution in [1.29, 1.82) is 0 Å². The van der Waals surface area contributed by atoms with Crippen LogP contribution in [0.3, 0.4) is 0 Å². The Morgan fingerprint density at radius 1 is 1.07 bits per heavy atom. The van der Waals surface area contributed by atoms with Crippen LogP contribution >= 0.6 is 0 Å². The number of hydrogen-bond donors (Lipinski definition) is 1. The Morgan fingerprint density at radius 2 is 1.83 bits per heavy atom. The van der Waals surface area contributed by atoms with Crippen LogP contribution in [0.2, 0.25) is 0 Å². The highest BCUT2D eigenvalue weighted by Crippen LogP contribution is 2.21. The summed E-state index contributed by atoms with van der Waals surface area (Å²) in [7, 11) is 0. The van der Waals surface area contributed by atoms with Gasteiger partial charge in [0.1, 0.15) is 5.82 Å². The lowest BCUT2D eigenvalue weighted by Crippen LogP contribution is -2.52. The Hall–Kier alpha value is -2.58. The molecule has 4 heterocycles. The van der Waals surface area contributed by atoms with E-state index >= 15 is 0 Å². The number of aromatic nitrogens is 3. The Bertz CT molecular complexity index is 796. The molecule has 2 aliphatic heterocycles. The second-order valence-electron chi connectivity index (χ2n) is 8.22. The monoisotopic (exact) mass is 409 g/mol. The van der Waals surface area contributed by atoms with E-state index in [9.17, 15) is 4.79 Å². The average Bonchev–Trinajstić information content (AvgIpc) is 2.80. The molecule has 30 heavy (non-hydrogen) atoms. The third-order valence-corrected chi connectivity index (χ3v) is 6.14. The van der Waals surface area contributed by atoms with Crippen molar-refractivity contribution in [2.45, 2.75) is 25.8 Å². The Morgan fingerprint density at radius 3 is 2.57 bits per heavy atom. The molecule has 8 nitrogen and oxygen atoms in total. The summed E-state index contributed by atoms with van der Waals surface area (Å²) in [5.74, 6) is 2.01. The van der Waals surface area contributed by atoms with Gasteiger partial charge in [-0.15, -0.1) is 0 Å². The van der Waals surface area contributed by atoms with Gasteiger partial charge in [0.15, 0.2) is 0 Å².